The molecule has 0 aliphatic rings. The lowest BCUT2D eigenvalue weighted by Crippen LogP contribution is -2.22. The minimum Gasteiger partial charge on any atom is -0.488 e. The summed E-state index contributed by atoms with van der Waals surface area (Å²) in [5, 5.41) is 10.9. The van der Waals surface area contributed by atoms with Crippen molar-refractivity contribution >= 4 is 11.6 Å². The van der Waals surface area contributed by atoms with Gasteiger partial charge < -0.3 is 9.84 Å². The Kier molecular flexibility index (Phi) is 4.40. The molecule has 1 heterocycles. The van der Waals surface area contributed by atoms with Gasteiger partial charge in [0.1, 0.15) is 18.0 Å². The molecule has 0 aliphatic heterocycles. The molecule has 4 heteroatoms. The molecule has 0 aliphatic carbocycles. The van der Waals surface area contributed by atoms with Crippen molar-refractivity contribution in [1.29, 1.82) is 0 Å². The van der Waals surface area contributed by atoms with Crippen LogP contribution in [0.5, 0.6) is 5.75 Å². The third-order valence-corrected chi connectivity index (χ3v) is 3.20. The molecular weight excluding hydrogens is 262 g/mol. The van der Waals surface area contributed by atoms with E-state index in [4.69, 9.17) is 16.3 Å². The van der Waals surface area contributed by atoms with Crippen LogP contribution in [-0.4, -0.2) is 16.2 Å². The number of aliphatic hydroxyl groups excluding tert-OH is 1. The maximum atomic E-state index is 10.3. The van der Waals surface area contributed by atoms with E-state index in [-0.39, 0.29) is 6.10 Å². The molecule has 0 spiro atoms. The molecule has 1 aromatic carbocycles. The smallest absolute Gasteiger partial charge is 0.126 e. The average molecular weight is 278 g/mol. The number of halogens is 1. The Morgan fingerprint density at radius 2 is 2.11 bits per heavy atom. The monoisotopic (exact) mass is 277 g/mol. The fourth-order valence-corrected chi connectivity index (χ4v) is 2.04. The van der Waals surface area contributed by atoms with Gasteiger partial charge in [0.15, 0.2) is 0 Å². The standard InChI is InChI=1S/C15H16ClNO2/c1-10-6-7-17-9-14(10)15(18)11(2)19-13-5-3-4-12(16)8-13/h3-9,11,15,18H,1-2H3. The third-order valence-electron chi connectivity index (χ3n) is 2.96. The molecule has 2 atom stereocenters. The van der Waals surface area contributed by atoms with E-state index in [1.54, 1.807) is 24.5 Å². The number of hydrogen-bond donors (Lipinski definition) is 1. The third kappa shape index (κ3) is 3.46. The van der Waals surface area contributed by atoms with Crippen molar-refractivity contribution < 1.29 is 9.84 Å². The zero-order valence-corrected chi connectivity index (χ0v) is 11.6. The average Bonchev–Trinajstić information content (AvgIpc) is 2.38. The van der Waals surface area contributed by atoms with Gasteiger partial charge in [0.05, 0.1) is 0 Å². The Hall–Kier alpha value is -1.58. The van der Waals surface area contributed by atoms with Crippen LogP contribution in [0.1, 0.15) is 24.2 Å². The zero-order valence-electron chi connectivity index (χ0n) is 10.9. The fraction of sp³-hybridized carbons (Fsp3) is 0.267. The number of aliphatic hydroxyl groups is 1. The molecule has 0 saturated carbocycles. The molecule has 2 unspecified atom stereocenters. The van der Waals surface area contributed by atoms with Crippen LogP contribution in [0.25, 0.3) is 0 Å². The van der Waals surface area contributed by atoms with E-state index in [0.29, 0.717) is 10.8 Å². The van der Waals surface area contributed by atoms with Gasteiger partial charge in [-0.2, -0.15) is 0 Å². The summed E-state index contributed by atoms with van der Waals surface area (Å²) in [5.41, 5.74) is 1.76. The van der Waals surface area contributed by atoms with Crippen molar-refractivity contribution in [2.45, 2.75) is 26.1 Å². The normalized spacial score (nSPS) is 13.9. The first kappa shape index (κ1) is 13.8. The minimum atomic E-state index is -0.729. The Morgan fingerprint density at radius 1 is 1.32 bits per heavy atom. The van der Waals surface area contributed by atoms with E-state index in [2.05, 4.69) is 4.98 Å². The van der Waals surface area contributed by atoms with Gasteiger partial charge in [0.25, 0.3) is 0 Å². The SMILES string of the molecule is Cc1ccncc1C(O)C(C)Oc1cccc(Cl)c1. The van der Waals surface area contributed by atoms with Crippen LogP contribution < -0.4 is 4.74 Å². The number of aryl methyl sites for hydroxylation is 1. The highest BCUT2D eigenvalue weighted by atomic mass is 35.5. The first-order chi connectivity index (χ1) is 9.08. The maximum absolute atomic E-state index is 10.3. The van der Waals surface area contributed by atoms with Crippen LogP contribution in [0.15, 0.2) is 42.7 Å². The lowest BCUT2D eigenvalue weighted by molar-refractivity contribution is 0.0461. The molecule has 100 valence electrons. The molecule has 2 aromatic rings. The van der Waals surface area contributed by atoms with E-state index >= 15 is 0 Å². The largest absolute Gasteiger partial charge is 0.488 e. The van der Waals surface area contributed by atoms with Crippen LogP contribution in [0.3, 0.4) is 0 Å². The number of pyridine rings is 1. The van der Waals surface area contributed by atoms with E-state index < -0.39 is 6.10 Å². The Labute approximate surface area is 117 Å². The van der Waals surface area contributed by atoms with Gasteiger partial charge in [-0.25, -0.2) is 0 Å². The quantitative estimate of drug-likeness (QED) is 0.929. The summed E-state index contributed by atoms with van der Waals surface area (Å²) in [6, 6.07) is 8.99. The zero-order chi connectivity index (χ0) is 13.8. The molecule has 0 amide bonds. The number of ether oxygens (including phenoxy) is 1. The van der Waals surface area contributed by atoms with Gasteiger partial charge in [0.2, 0.25) is 0 Å². The van der Waals surface area contributed by atoms with Gasteiger partial charge >= 0.3 is 0 Å². The van der Waals surface area contributed by atoms with Crippen LogP contribution in [0, 0.1) is 6.92 Å². The van der Waals surface area contributed by atoms with Crippen molar-refractivity contribution in [3.63, 3.8) is 0 Å². The second-order valence-corrected chi connectivity index (χ2v) is 4.89. The number of aromatic nitrogens is 1. The highest BCUT2D eigenvalue weighted by molar-refractivity contribution is 6.30. The summed E-state index contributed by atoms with van der Waals surface area (Å²) in [6.07, 6.45) is 2.25. The van der Waals surface area contributed by atoms with Crippen molar-refractivity contribution in [2.24, 2.45) is 0 Å². The van der Waals surface area contributed by atoms with Crippen molar-refractivity contribution in [2.75, 3.05) is 0 Å². The van der Waals surface area contributed by atoms with E-state index in [0.717, 1.165) is 11.1 Å². The number of nitrogens with zero attached hydrogens (tertiary/aromatic N) is 1. The first-order valence-electron chi connectivity index (χ1n) is 6.08. The number of hydrogen-bond acceptors (Lipinski definition) is 3. The minimum absolute atomic E-state index is 0.388. The molecule has 1 aromatic heterocycles. The highest BCUT2D eigenvalue weighted by Crippen LogP contribution is 2.25. The van der Waals surface area contributed by atoms with Gasteiger partial charge in [0, 0.05) is 23.0 Å². The Balaban J connectivity index is 2.12. The van der Waals surface area contributed by atoms with E-state index in [1.807, 2.05) is 32.0 Å². The summed E-state index contributed by atoms with van der Waals surface area (Å²) >= 11 is 5.90. The Morgan fingerprint density at radius 3 is 2.79 bits per heavy atom. The molecule has 0 saturated heterocycles. The molecule has 1 N–H and O–H groups in total. The van der Waals surface area contributed by atoms with Crippen molar-refractivity contribution in [1.82, 2.24) is 4.98 Å². The fourth-order valence-electron chi connectivity index (χ4n) is 1.86. The van der Waals surface area contributed by atoms with E-state index in [9.17, 15) is 5.11 Å². The molecule has 2 rings (SSSR count). The molecule has 19 heavy (non-hydrogen) atoms. The van der Waals surface area contributed by atoms with Crippen LogP contribution in [0.2, 0.25) is 5.02 Å². The Bertz CT molecular complexity index is 559. The summed E-state index contributed by atoms with van der Waals surface area (Å²) in [5.74, 6) is 0.639. The first-order valence-corrected chi connectivity index (χ1v) is 6.46. The van der Waals surface area contributed by atoms with Gasteiger partial charge in [-0.1, -0.05) is 17.7 Å². The van der Waals surface area contributed by atoms with Crippen LogP contribution in [0.4, 0.5) is 0 Å². The molecule has 0 fully saturated rings. The van der Waals surface area contributed by atoms with Gasteiger partial charge in [-0.15, -0.1) is 0 Å². The lowest BCUT2D eigenvalue weighted by atomic mass is 10.0. The van der Waals surface area contributed by atoms with Crippen LogP contribution in [-0.2, 0) is 0 Å². The highest BCUT2D eigenvalue weighted by Gasteiger charge is 2.20. The molecule has 3 nitrogen and oxygen atoms in total. The molecule has 0 radical (unpaired) electrons. The lowest BCUT2D eigenvalue weighted by Gasteiger charge is -2.22. The molecular formula is C15H16ClNO2. The second kappa shape index (κ2) is 6.04. The van der Waals surface area contributed by atoms with Gasteiger partial charge in [-0.3, -0.25) is 4.98 Å². The van der Waals surface area contributed by atoms with Crippen LogP contribution >= 0.6 is 11.6 Å². The van der Waals surface area contributed by atoms with Crippen molar-refractivity contribution in [3.05, 3.63) is 58.9 Å². The van der Waals surface area contributed by atoms with Crippen molar-refractivity contribution in [3.8, 4) is 5.75 Å². The predicted molar refractivity (Wildman–Crippen MR) is 75.5 cm³/mol. The summed E-state index contributed by atoms with van der Waals surface area (Å²) in [6.45, 7) is 3.75. The number of benzene rings is 1. The maximum Gasteiger partial charge on any atom is 0.126 e. The number of rotatable bonds is 4. The molecule has 0 bridgehead atoms. The summed E-state index contributed by atoms with van der Waals surface area (Å²) in [4.78, 5) is 4.03. The predicted octanol–water partition coefficient (Wildman–Crippen LogP) is 3.54. The summed E-state index contributed by atoms with van der Waals surface area (Å²) < 4.78 is 5.70. The summed E-state index contributed by atoms with van der Waals surface area (Å²) in [7, 11) is 0. The van der Waals surface area contributed by atoms with E-state index in [1.165, 1.54) is 0 Å². The topological polar surface area (TPSA) is 42.4 Å². The van der Waals surface area contributed by atoms with Gasteiger partial charge in [-0.05, 0) is 43.7 Å². The second-order valence-electron chi connectivity index (χ2n) is 4.46.